The number of rotatable bonds is 10. The van der Waals surface area contributed by atoms with Crippen LogP contribution >= 0.6 is 11.6 Å². The zero-order chi connectivity index (χ0) is 29.7. The lowest BCUT2D eigenvalue weighted by molar-refractivity contribution is -0.139. The molecular weight excluding hydrogens is 558 g/mol. The number of halogens is 1. The van der Waals surface area contributed by atoms with Crippen molar-refractivity contribution in [1.29, 1.82) is 0 Å². The second-order valence-corrected chi connectivity index (χ2v) is 13.2. The molecule has 41 heavy (non-hydrogen) atoms. The number of sulfonamides is 1. The van der Waals surface area contributed by atoms with Gasteiger partial charge in [-0.15, -0.1) is 0 Å². The largest absolute Gasteiger partial charge is 0.352 e. The predicted octanol–water partition coefficient (Wildman–Crippen LogP) is 5.94. The SMILES string of the molecule is Cc1ccc(CN(C(=O)CN(c2cccc(Cl)c2C)S(=O)(=O)c2ccc(C)cc2)[C@@H](C)C(=O)NC2CCCC2)cc1. The quantitative estimate of drug-likeness (QED) is 0.314. The first-order valence-corrected chi connectivity index (χ1v) is 15.8. The summed E-state index contributed by atoms with van der Waals surface area (Å²) in [6, 6.07) is 18.5. The van der Waals surface area contributed by atoms with Crippen molar-refractivity contribution < 1.29 is 18.0 Å². The highest BCUT2D eigenvalue weighted by Crippen LogP contribution is 2.31. The fraction of sp³-hybridized carbons (Fsp3) is 0.375. The molecular formula is C32H38ClN3O4S. The molecule has 3 aromatic rings. The average Bonchev–Trinajstić information content (AvgIpc) is 3.46. The van der Waals surface area contributed by atoms with Crippen molar-refractivity contribution in [2.75, 3.05) is 10.8 Å². The minimum Gasteiger partial charge on any atom is -0.352 e. The summed E-state index contributed by atoms with van der Waals surface area (Å²) in [5.74, 6) is -0.737. The number of carbonyl (C=O) groups is 2. The van der Waals surface area contributed by atoms with Gasteiger partial charge in [-0.05, 0) is 75.9 Å². The van der Waals surface area contributed by atoms with Crippen LogP contribution in [0, 0.1) is 20.8 Å². The Hall–Kier alpha value is -3.36. The van der Waals surface area contributed by atoms with Crippen LogP contribution in [0.3, 0.4) is 0 Å². The number of hydrogen-bond acceptors (Lipinski definition) is 4. The highest BCUT2D eigenvalue weighted by Gasteiger charge is 2.34. The van der Waals surface area contributed by atoms with E-state index in [1.165, 1.54) is 17.0 Å². The predicted molar refractivity (Wildman–Crippen MR) is 163 cm³/mol. The third-order valence-electron chi connectivity index (χ3n) is 7.74. The Labute approximate surface area is 248 Å². The van der Waals surface area contributed by atoms with E-state index in [0.717, 1.165) is 46.7 Å². The monoisotopic (exact) mass is 595 g/mol. The molecule has 3 aromatic carbocycles. The van der Waals surface area contributed by atoms with Gasteiger partial charge in [0, 0.05) is 17.6 Å². The lowest BCUT2D eigenvalue weighted by atomic mass is 10.1. The van der Waals surface area contributed by atoms with Crippen molar-refractivity contribution in [1.82, 2.24) is 10.2 Å². The van der Waals surface area contributed by atoms with Gasteiger partial charge >= 0.3 is 0 Å². The molecule has 2 amide bonds. The topological polar surface area (TPSA) is 86.8 Å². The number of aryl methyl sites for hydroxylation is 2. The van der Waals surface area contributed by atoms with Gasteiger partial charge in [0.2, 0.25) is 11.8 Å². The maximum Gasteiger partial charge on any atom is 0.264 e. The van der Waals surface area contributed by atoms with Gasteiger partial charge < -0.3 is 10.2 Å². The fourth-order valence-corrected chi connectivity index (χ4v) is 6.72. The Bertz CT molecular complexity index is 1480. The van der Waals surface area contributed by atoms with Gasteiger partial charge in [-0.2, -0.15) is 0 Å². The maximum atomic E-state index is 14.1. The molecule has 0 bridgehead atoms. The van der Waals surface area contributed by atoms with Crippen molar-refractivity contribution in [2.24, 2.45) is 0 Å². The fourth-order valence-electron chi connectivity index (χ4n) is 5.08. The van der Waals surface area contributed by atoms with Gasteiger partial charge in [0.1, 0.15) is 12.6 Å². The van der Waals surface area contributed by atoms with Crippen molar-refractivity contribution in [3.8, 4) is 0 Å². The normalized spacial score (nSPS) is 14.5. The van der Waals surface area contributed by atoms with Crippen LogP contribution < -0.4 is 9.62 Å². The molecule has 9 heteroatoms. The van der Waals surface area contributed by atoms with Crippen molar-refractivity contribution in [3.05, 3.63) is 94.0 Å². The van der Waals surface area contributed by atoms with Crippen molar-refractivity contribution in [2.45, 2.75) is 76.9 Å². The molecule has 0 saturated heterocycles. The first kappa shape index (κ1) is 30.6. The smallest absolute Gasteiger partial charge is 0.264 e. The average molecular weight is 596 g/mol. The molecule has 1 saturated carbocycles. The van der Waals surface area contributed by atoms with Crippen LogP contribution in [0.4, 0.5) is 5.69 Å². The van der Waals surface area contributed by atoms with E-state index in [1.54, 1.807) is 44.2 Å². The molecule has 0 aliphatic heterocycles. The summed E-state index contributed by atoms with van der Waals surface area (Å²) in [5, 5.41) is 3.48. The number of benzene rings is 3. The molecule has 7 nitrogen and oxygen atoms in total. The van der Waals surface area contributed by atoms with Gasteiger partial charge in [-0.1, -0.05) is 78.0 Å². The summed E-state index contributed by atoms with van der Waals surface area (Å²) in [6.45, 7) is 6.93. The van der Waals surface area contributed by atoms with Crippen LogP contribution in [-0.2, 0) is 26.2 Å². The number of amides is 2. The van der Waals surface area contributed by atoms with E-state index in [9.17, 15) is 18.0 Å². The summed E-state index contributed by atoms with van der Waals surface area (Å²) in [4.78, 5) is 29.0. The first-order chi connectivity index (χ1) is 19.5. The van der Waals surface area contributed by atoms with Crippen LogP contribution in [0.5, 0.6) is 0 Å². The summed E-state index contributed by atoms with van der Waals surface area (Å²) in [7, 11) is -4.16. The summed E-state index contributed by atoms with van der Waals surface area (Å²) in [6.07, 6.45) is 3.97. The number of anilines is 1. The van der Waals surface area contributed by atoms with E-state index in [-0.39, 0.29) is 23.4 Å². The summed E-state index contributed by atoms with van der Waals surface area (Å²) >= 11 is 6.40. The molecule has 1 fully saturated rings. The maximum absolute atomic E-state index is 14.1. The summed E-state index contributed by atoms with van der Waals surface area (Å²) < 4.78 is 29.2. The van der Waals surface area contributed by atoms with Crippen LogP contribution in [0.15, 0.2) is 71.6 Å². The van der Waals surface area contributed by atoms with E-state index in [2.05, 4.69) is 5.32 Å². The molecule has 0 unspecified atom stereocenters. The van der Waals surface area contributed by atoms with Crippen LogP contribution in [0.25, 0.3) is 0 Å². The standard InChI is InChI=1S/C32H38ClN3O4S/c1-22-12-16-26(17-13-22)20-35(25(4)32(38)34-27-8-5-6-9-27)31(37)21-36(30-11-7-10-29(33)24(30)3)41(39,40)28-18-14-23(2)15-19-28/h7,10-19,25,27H,5-6,8-9,20-21H2,1-4H3,(H,34,38)/t25-/m0/s1. The Kier molecular flexibility index (Phi) is 9.76. The lowest BCUT2D eigenvalue weighted by Gasteiger charge is -2.33. The molecule has 0 aromatic heterocycles. The molecule has 1 N–H and O–H groups in total. The van der Waals surface area contributed by atoms with Crippen LogP contribution in [-0.4, -0.2) is 43.8 Å². The van der Waals surface area contributed by atoms with E-state index in [0.29, 0.717) is 16.3 Å². The third-order valence-corrected chi connectivity index (χ3v) is 9.92. The van der Waals surface area contributed by atoms with Crippen molar-refractivity contribution >= 4 is 39.1 Å². The van der Waals surface area contributed by atoms with Crippen LogP contribution in [0.2, 0.25) is 5.02 Å². The van der Waals surface area contributed by atoms with E-state index in [4.69, 9.17) is 11.6 Å². The Morgan fingerprint density at radius 1 is 0.927 bits per heavy atom. The van der Waals surface area contributed by atoms with E-state index >= 15 is 0 Å². The lowest BCUT2D eigenvalue weighted by Crippen LogP contribution is -2.52. The van der Waals surface area contributed by atoms with E-state index < -0.39 is 28.5 Å². The molecule has 1 aliphatic carbocycles. The second-order valence-electron chi connectivity index (χ2n) is 10.9. The minimum absolute atomic E-state index is 0.0624. The molecule has 1 aliphatic rings. The summed E-state index contributed by atoms with van der Waals surface area (Å²) in [5.41, 5.74) is 3.68. The minimum atomic E-state index is -4.16. The third kappa shape index (κ3) is 7.29. The molecule has 0 radical (unpaired) electrons. The van der Waals surface area contributed by atoms with Gasteiger partial charge in [0.05, 0.1) is 10.6 Å². The number of carbonyl (C=O) groups excluding carboxylic acids is 2. The zero-order valence-corrected chi connectivity index (χ0v) is 25.6. The second kappa shape index (κ2) is 13.1. The van der Waals surface area contributed by atoms with Gasteiger partial charge in [0.25, 0.3) is 10.0 Å². The zero-order valence-electron chi connectivity index (χ0n) is 24.1. The molecule has 218 valence electrons. The molecule has 4 rings (SSSR count). The van der Waals surface area contributed by atoms with Gasteiger partial charge in [-0.3, -0.25) is 13.9 Å². The number of nitrogens with zero attached hydrogens (tertiary/aromatic N) is 2. The van der Waals surface area contributed by atoms with Crippen molar-refractivity contribution in [3.63, 3.8) is 0 Å². The molecule has 1 atom stereocenters. The highest BCUT2D eigenvalue weighted by molar-refractivity contribution is 7.92. The number of hydrogen-bond donors (Lipinski definition) is 1. The van der Waals surface area contributed by atoms with E-state index in [1.807, 2.05) is 38.1 Å². The van der Waals surface area contributed by atoms with Gasteiger partial charge in [0.15, 0.2) is 0 Å². The van der Waals surface area contributed by atoms with Crippen LogP contribution in [0.1, 0.15) is 54.9 Å². The van der Waals surface area contributed by atoms with Gasteiger partial charge in [-0.25, -0.2) is 8.42 Å². The molecule has 0 heterocycles. The molecule has 0 spiro atoms. The Morgan fingerprint density at radius 3 is 2.12 bits per heavy atom. The highest BCUT2D eigenvalue weighted by atomic mass is 35.5. The first-order valence-electron chi connectivity index (χ1n) is 14.0. The Balaban J connectivity index is 1.71. The Morgan fingerprint density at radius 2 is 1.51 bits per heavy atom. The number of nitrogens with one attached hydrogen (secondary N) is 1.